The van der Waals surface area contributed by atoms with Gasteiger partial charge in [-0.3, -0.25) is 0 Å². The maximum Gasteiger partial charge on any atom is 0.0759 e. The van der Waals surface area contributed by atoms with Gasteiger partial charge in [-0.25, -0.2) is 0 Å². The van der Waals surface area contributed by atoms with Crippen LogP contribution in [0.3, 0.4) is 0 Å². The second kappa shape index (κ2) is 2.69. The molecule has 0 aromatic carbocycles. The van der Waals surface area contributed by atoms with Crippen LogP contribution in [0.1, 0.15) is 32.6 Å². The third-order valence-corrected chi connectivity index (χ3v) is 3.21. The van der Waals surface area contributed by atoms with E-state index < -0.39 is 0 Å². The molecule has 3 heteroatoms. The highest BCUT2D eigenvalue weighted by Crippen LogP contribution is 2.41. The molecule has 0 unspecified atom stereocenters. The van der Waals surface area contributed by atoms with Crippen molar-refractivity contribution >= 4 is 0 Å². The highest BCUT2D eigenvalue weighted by atomic mass is 16.5. The average Bonchev–Trinajstić information content (AvgIpc) is 2.75. The highest BCUT2D eigenvalue weighted by molar-refractivity contribution is 5.06. The third kappa shape index (κ3) is 1.37. The summed E-state index contributed by atoms with van der Waals surface area (Å²) in [7, 11) is 0. The van der Waals surface area contributed by atoms with Crippen molar-refractivity contribution in [3.05, 3.63) is 0 Å². The SMILES string of the molecule is C[C@H]1O[C@H](C2(N)CC2)CC[C@H]1N. The Hall–Kier alpha value is -0.120. The van der Waals surface area contributed by atoms with E-state index in [2.05, 4.69) is 0 Å². The molecule has 4 N–H and O–H groups in total. The Kier molecular flexibility index (Phi) is 1.90. The van der Waals surface area contributed by atoms with Gasteiger partial charge in [0.1, 0.15) is 0 Å². The van der Waals surface area contributed by atoms with E-state index in [9.17, 15) is 0 Å². The Morgan fingerprint density at radius 2 is 2.00 bits per heavy atom. The quantitative estimate of drug-likeness (QED) is 0.598. The first-order valence-electron chi connectivity index (χ1n) is 4.82. The summed E-state index contributed by atoms with van der Waals surface area (Å²) < 4.78 is 5.78. The van der Waals surface area contributed by atoms with Gasteiger partial charge in [-0.1, -0.05) is 0 Å². The predicted molar refractivity (Wildman–Crippen MR) is 47.7 cm³/mol. The number of nitrogens with two attached hydrogens (primary N) is 2. The summed E-state index contributed by atoms with van der Waals surface area (Å²) in [6, 6.07) is 0.212. The fourth-order valence-corrected chi connectivity index (χ4v) is 1.90. The maximum absolute atomic E-state index is 6.06. The maximum atomic E-state index is 6.06. The van der Waals surface area contributed by atoms with E-state index in [1.54, 1.807) is 0 Å². The molecule has 0 aromatic rings. The van der Waals surface area contributed by atoms with Gasteiger partial charge in [0.15, 0.2) is 0 Å². The molecule has 1 heterocycles. The molecule has 1 aliphatic carbocycles. The van der Waals surface area contributed by atoms with Gasteiger partial charge >= 0.3 is 0 Å². The standard InChI is InChI=1S/C9H18N2O/c1-6-7(10)2-3-8(12-6)9(11)4-5-9/h6-8H,2-5,10-11H2,1H3/t6-,7-,8+/m1/s1. The lowest BCUT2D eigenvalue weighted by molar-refractivity contribution is -0.0671. The second-order valence-corrected chi connectivity index (χ2v) is 4.30. The minimum atomic E-state index is 0.00833. The van der Waals surface area contributed by atoms with Crippen LogP contribution in [0.2, 0.25) is 0 Å². The topological polar surface area (TPSA) is 61.3 Å². The Labute approximate surface area is 73.4 Å². The summed E-state index contributed by atoms with van der Waals surface area (Å²) in [5.41, 5.74) is 11.9. The Morgan fingerprint density at radius 1 is 1.33 bits per heavy atom. The minimum Gasteiger partial charge on any atom is -0.372 e. The molecule has 3 atom stereocenters. The molecule has 0 spiro atoms. The number of hydrogen-bond donors (Lipinski definition) is 2. The van der Waals surface area contributed by atoms with Gasteiger partial charge in [-0.2, -0.15) is 0 Å². The van der Waals surface area contributed by atoms with E-state index in [0.29, 0.717) is 0 Å². The molecule has 0 radical (unpaired) electrons. The Morgan fingerprint density at radius 3 is 2.50 bits per heavy atom. The van der Waals surface area contributed by atoms with Crippen LogP contribution in [0.25, 0.3) is 0 Å². The first-order valence-corrected chi connectivity index (χ1v) is 4.82. The lowest BCUT2D eigenvalue weighted by Gasteiger charge is -2.35. The van der Waals surface area contributed by atoms with E-state index in [-0.39, 0.29) is 23.8 Å². The first kappa shape index (κ1) is 8.48. The molecular formula is C9H18N2O. The number of ether oxygens (including phenoxy) is 1. The second-order valence-electron chi connectivity index (χ2n) is 4.30. The van der Waals surface area contributed by atoms with Crippen LogP contribution in [0.4, 0.5) is 0 Å². The minimum absolute atomic E-state index is 0.00833. The van der Waals surface area contributed by atoms with E-state index in [0.717, 1.165) is 25.7 Å². The lowest BCUT2D eigenvalue weighted by Crippen LogP contribution is -2.50. The summed E-state index contributed by atoms with van der Waals surface area (Å²) in [6.07, 6.45) is 4.81. The van der Waals surface area contributed by atoms with Gasteiger partial charge in [0.2, 0.25) is 0 Å². The normalized spacial score (nSPS) is 45.8. The molecule has 1 saturated carbocycles. The Bertz CT molecular complexity index is 179. The molecule has 70 valence electrons. The van der Waals surface area contributed by atoms with E-state index in [4.69, 9.17) is 16.2 Å². The molecule has 2 fully saturated rings. The van der Waals surface area contributed by atoms with Crippen molar-refractivity contribution < 1.29 is 4.74 Å². The van der Waals surface area contributed by atoms with E-state index in [1.807, 2.05) is 6.92 Å². The van der Waals surface area contributed by atoms with Gasteiger partial charge < -0.3 is 16.2 Å². The fraction of sp³-hybridized carbons (Fsp3) is 1.00. The van der Waals surface area contributed by atoms with Gasteiger partial charge in [-0.05, 0) is 32.6 Å². The van der Waals surface area contributed by atoms with Gasteiger partial charge in [-0.15, -0.1) is 0 Å². The van der Waals surface area contributed by atoms with Crippen LogP contribution in [0.15, 0.2) is 0 Å². The summed E-state index contributed by atoms with van der Waals surface area (Å²) >= 11 is 0. The molecule has 2 aliphatic rings. The van der Waals surface area contributed by atoms with Crippen molar-refractivity contribution in [3.8, 4) is 0 Å². The van der Waals surface area contributed by atoms with Crippen molar-refractivity contribution in [2.75, 3.05) is 0 Å². The Balaban J connectivity index is 1.94. The summed E-state index contributed by atoms with van der Waals surface area (Å²) in [4.78, 5) is 0. The van der Waals surface area contributed by atoms with Crippen LogP contribution < -0.4 is 11.5 Å². The third-order valence-electron chi connectivity index (χ3n) is 3.21. The molecule has 0 amide bonds. The lowest BCUT2D eigenvalue weighted by atomic mass is 9.95. The van der Waals surface area contributed by atoms with Crippen molar-refractivity contribution in [1.29, 1.82) is 0 Å². The monoisotopic (exact) mass is 170 g/mol. The zero-order valence-corrected chi connectivity index (χ0v) is 7.62. The molecular weight excluding hydrogens is 152 g/mol. The predicted octanol–water partition coefficient (Wildman–Crippen LogP) is 0.373. The molecule has 2 rings (SSSR count). The van der Waals surface area contributed by atoms with Crippen LogP contribution in [0, 0.1) is 0 Å². The molecule has 1 aliphatic heterocycles. The fourth-order valence-electron chi connectivity index (χ4n) is 1.90. The van der Waals surface area contributed by atoms with Crippen LogP contribution >= 0.6 is 0 Å². The van der Waals surface area contributed by atoms with Crippen LogP contribution in [-0.4, -0.2) is 23.8 Å². The zero-order chi connectivity index (χ0) is 8.77. The van der Waals surface area contributed by atoms with Gasteiger partial charge in [0, 0.05) is 11.6 Å². The largest absolute Gasteiger partial charge is 0.372 e. The van der Waals surface area contributed by atoms with Crippen molar-refractivity contribution in [2.45, 2.75) is 56.4 Å². The smallest absolute Gasteiger partial charge is 0.0759 e. The summed E-state index contributed by atoms with van der Waals surface area (Å²) in [6.45, 7) is 2.04. The number of hydrogen-bond acceptors (Lipinski definition) is 3. The van der Waals surface area contributed by atoms with Crippen LogP contribution in [-0.2, 0) is 4.74 Å². The van der Waals surface area contributed by atoms with Crippen molar-refractivity contribution in [2.24, 2.45) is 11.5 Å². The zero-order valence-electron chi connectivity index (χ0n) is 7.62. The average molecular weight is 170 g/mol. The van der Waals surface area contributed by atoms with Crippen molar-refractivity contribution in [1.82, 2.24) is 0 Å². The van der Waals surface area contributed by atoms with Crippen LogP contribution in [0.5, 0.6) is 0 Å². The molecule has 0 aromatic heterocycles. The molecule has 12 heavy (non-hydrogen) atoms. The van der Waals surface area contributed by atoms with Gasteiger partial charge in [0.25, 0.3) is 0 Å². The molecule has 1 saturated heterocycles. The number of rotatable bonds is 1. The summed E-state index contributed by atoms with van der Waals surface area (Å²) in [5, 5.41) is 0. The molecule has 0 bridgehead atoms. The summed E-state index contributed by atoms with van der Waals surface area (Å²) in [5.74, 6) is 0. The molecule has 3 nitrogen and oxygen atoms in total. The van der Waals surface area contributed by atoms with E-state index in [1.165, 1.54) is 0 Å². The van der Waals surface area contributed by atoms with E-state index >= 15 is 0 Å². The van der Waals surface area contributed by atoms with Gasteiger partial charge in [0.05, 0.1) is 12.2 Å². The highest BCUT2D eigenvalue weighted by Gasteiger charge is 2.48. The first-order chi connectivity index (χ1) is 5.62. The van der Waals surface area contributed by atoms with Crippen molar-refractivity contribution in [3.63, 3.8) is 0 Å².